The second-order valence-corrected chi connectivity index (χ2v) is 7.77. The van der Waals surface area contributed by atoms with E-state index >= 15 is 0 Å². The molecule has 0 fully saturated rings. The monoisotopic (exact) mass is 429 g/mol. The van der Waals surface area contributed by atoms with Gasteiger partial charge in [-0.15, -0.1) is 0 Å². The zero-order valence-electron chi connectivity index (χ0n) is 17.2. The van der Waals surface area contributed by atoms with Crippen molar-refractivity contribution in [3.63, 3.8) is 0 Å². The highest BCUT2D eigenvalue weighted by molar-refractivity contribution is 7.99. The SMILES string of the molecule is CCCSc1nc2c(c(=O)[nH]1)[C@H](c1ccc(C(=O)OC)cc1)C(C(=O)OC)=C(C)N2. The van der Waals surface area contributed by atoms with E-state index in [4.69, 9.17) is 9.47 Å². The number of thioether (sulfide) groups is 1. The zero-order chi connectivity index (χ0) is 21.8. The number of carbonyl (C=O) groups is 2. The normalized spacial score (nSPS) is 15.3. The van der Waals surface area contributed by atoms with Crippen molar-refractivity contribution in [3.05, 3.63) is 62.6 Å². The van der Waals surface area contributed by atoms with Gasteiger partial charge in [-0.05, 0) is 31.0 Å². The summed E-state index contributed by atoms with van der Waals surface area (Å²) in [4.78, 5) is 44.7. The number of hydrogen-bond acceptors (Lipinski definition) is 8. The van der Waals surface area contributed by atoms with Gasteiger partial charge in [0.15, 0.2) is 5.16 Å². The van der Waals surface area contributed by atoms with E-state index in [1.807, 2.05) is 6.92 Å². The van der Waals surface area contributed by atoms with Crippen LogP contribution in [0.15, 0.2) is 45.5 Å². The van der Waals surface area contributed by atoms with Crippen LogP contribution in [0.1, 0.15) is 47.7 Å². The molecule has 1 aromatic carbocycles. The van der Waals surface area contributed by atoms with Crippen LogP contribution in [0.3, 0.4) is 0 Å². The van der Waals surface area contributed by atoms with Crippen molar-refractivity contribution in [2.45, 2.75) is 31.3 Å². The number of ether oxygens (including phenoxy) is 2. The molecule has 1 aliphatic rings. The maximum Gasteiger partial charge on any atom is 0.337 e. The van der Waals surface area contributed by atoms with Crippen molar-refractivity contribution in [1.29, 1.82) is 0 Å². The molecule has 3 rings (SSSR count). The fraction of sp³-hybridized carbons (Fsp3) is 0.333. The molecule has 0 radical (unpaired) electrons. The Bertz CT molecular complexity index is 1060. The van der Waals surface area contributed by atoms with Crippen LogP contribution in [0.4, 0.5) is 5.82 Å². The van der Waals surface area contributed by atoms with E-state index in [0.717, 1.165) is 12.2 Å². The number of carbonyl (C=O) groups excluding carboxylic acids is 2. The third-order valence-corrected chi connectivity index (χ3v) is 5.81. The Balaban J connectivity index is 2.16. The summed E-state index contributed by atoms with van der Waals surface area (Å²) >= 11 is 1.46. The summed E-state index contributed by atoms with van der Waals surface area (Å²) in [7, 11) is 2.60. The first kappa shape index (κ1) is 21.6. The summed E-state index contributed by atoms with van der Waals surface area (Å²) < 4.78 is 9.71. The van der Waals surface area contributed by atoms with Crippen molar-refractivity contribution in [2.75, 3.05) is 25.3 Å². The highest BCUT2D eigenvalue weighted by Gasteiger charge is 2.36. The molecule has 1 atom stereocenters. The molecular weight excluding hydrogens is 406 g/mol. The first-order valence-electron chi connectivity index (χ1n) is 9.42. The van der Waals surface area contributed by atoms with E-state index < -0.39 is 17.9 Å². The van der Waals surface area contributed by atoms with Crippen LogP contribution in [-0.4, -0.2) is 41.9 Å². The minimum atomic E-state index is -0.693. The Hall–Kier alpha value is -3.07. The lowest BCUT2D eigenvalue weighted by molar-refractivity contribution is -0.136. The van der Waals surface area contributed by atoms with E-state index in [1.54, 1.807) is 31.2 Å². The number of fused-ring (bicyclic) bond motifs is 1. The lowest BCUT2D eigenvalue weighted by atomic mass is 9.82. The Kier molecular flexibility index (Phi) is 6.61. The molecule has 0 amide bonds. The summed E-state index contributed by atoms with van der Waals surface area (Å²) in [5.74, 6) is -0.477. The highest BCUT2D eigenvalue weighted by atomic mass is 32.2. The summed E-state index contributed by atoms with van der Waals surface area (Å²) in [5, 5.41) is 3.60. The van der Waals surface area contributed by atoms with Gasteiger partial charge < -0.3 is 19.8 Å². The fourth-order valence-electron chi connectivity index (χ4n) is 3.34. The molecule has 2 heterocycles. The van der Waals surface area contributed by atoms with Gasteiger partial charge >= 0.3 is 11.9 Å². The van der Waals surface area contributed by atoms with Gasteiger partial charge in [0, 0.05) is 11.4 Å². The van der Waals surface area contributed by atoms with E-state index in [2.05, 4.69) is 15.3 Å². The standard InChI is InChI=1S/C21H23N3O5S/c1-5-10-30-21-23-17-16(18(25)24-21)15(14(11(2)22-17)20(27)29-4)12-6-8-13(9-7-12)19(26)28-3/h6-9,15H,5,10H2,1-4H3,(H2,22,23,24,25)/t15-/m1/s1. The van der Waals surface area contributed by atoms with Crippen LogP contribution in [0.5, 0.6) is 0 Å². The van der Waals surface area contributed by atoms with Crippen molar-refractivity contribution >= 4 is 29.5 Å². The second kappa shape index (κ2) is 9.17. The molecule has 2 aromatic rings. The number of benzene rings is 1. The van der Waals surface area contributed by atoms with Gasteiger partial charge in [-0.3, -0.25) is 4.79 Å². The first-order valence-corrected chi connectivity index (χ1v) is 10.4. The lowest BCUT2D eigenvalue weighted by Gasteiger charge is -2.28. The fourth-order valence-corrected chi connectivity index (χ4v) is 4.06. The maximum atomic E-state index is 13.0. The molecule has 1 aromatic heterocycles. The lowest BCUT2D eigenvalue weighted by Crippen LogP contribution is -2.31. The minimum absolute atomic E-state index is 0.317. The Labute approximate surface area is 178 Å². The average Bonchev–Trinajstić information content (AvgIpc) is 2.75. The summed E-state index contributed by atoms with van der Waals surface area (Å²) in [6.07, 6.45) is 0.944. The molecule has 0 saturated heterocycles. The van der Waals surface area contributed by atoms with Crippen LogP contribution < -0.4 is 10.9 Å². The Morgan fingerprint density at radius 1 is 1.13 bits per heavy atom. The molecule has 0 spiro atoms. The van der Waals surface area contributed by atoms with Gasteiger partial charge in [0.2, 0.25) is 0 Å². The zero-order valence-corrected chi connectivity index (χ0v) is 18.0. The van der Waals surface area contributed by atoms with Gasteiger partial charge in [-0.2, -0.15) is 0 Å². The second-order valence-electron chi connectivity index (χ2n) is 6.68. The average molecular weight is 429 g/mol. The number of rotatable bonds is 6. The van der Waals surface area contributed by atoms with Crippen LogP contribution in [0.25, 0.3) is 0 Å². The first-order chi connectivity index (χ1) is 14.4. The summed E-state index contributed by atoms with van der Waals surface area (Å²) in [5.41, 5.74) is 1.90. The van der Waals surface area contributed by atoms with Crippen molar-refractivity contribution in [3.8, 4) is 0 Å². The van der Waals surface area contributed by atoms with E-state index in [1.165, 1.54) is 26.0 Å². The molecule has 158 valence electrons. The predicted octanol–water partition coefficient (Wildman–Crippen LogP) is 3.06. The van der Waals surface area contributed by atoms with E-state index in [9.17, 15) is 14.4 Å². The molecule has 0 bridgehead atoms. The van der Waals surface area contributed by atoms with Gasteiger partial charge in [0.1, 0.15) is 5.82 Å². The largest absolute Gasteiger partial charge is 0.466 e. The molecule has 0 saturated carbocycles. The number of nitrogens with one attached hydrogen (secondary N) is 2. The van der Waals surface area contributed by atoms with Crippen molar-refractivity contribution in [1.82, 2.24) is 9.97 Å². The van der Waals surface area contributed by atoms with E-state index in [-0.39, 0.29) is 5.56 Å². The quantitative estimate of drug-likeness (QED) is 0.410. The number of hydrogen-bond donors (Lipinski definition) is 2. The predicted molar refractivity (Wildman–Crippen MR) is 114 cm³/mol. The van der Waals surface area contributed by atoms with Crippen LogP contribution in [-0.2, 0) is 14.3 Å². The molecule has 0 aliphatic carbocycles. The Morgan fingerprint density at radius 3 is 2.40 bits per heavy atom. The number of aromatic nitrogens is 2. The number of aromatic amines is 1. The van der Waals surface area contributed by atoms with Gasteiger partial charge in [0.25, 0.3) is 5.56 Å². The molecule has 9 heteroatoms. The van der Waals surface area contributed by atoms with Gasteiger partial charge in [-0.25, -0.2) is 14.6 Å². The molecule has 8 nitrogen and oxygen atoms in total. The Morgan fingerprint density at radius 2 is 1.80 bits per heavy atom. The molecule has 0 unspecified atom stereocenters. The smallest absolute Gasteiger partial charge is 0.337 e. The third kappa shape index (κ3) is 4.11. The highest BCUT2D eigenvalue weighted by Crippen LogP contribution is 2.40. The number of allylic oxidation sites excluding steroid dienone is 1. The minimum Gasteiger partial charge on any atom is -0.466 e. The number of methoxy groups -OCH3 is 2. The van der Waals surface area contributed by atoms with Gasteiger partial charge in [-0.1, -0.05) is 30.8 Å². The topological polar surface area (TPSA) is 110 Å². The van der Waals surface area contributed by atoms with Crippen LogP contribution in [0.2, 0.25) is 0 Å². The number of nitrogens with zero attached hydrogens (tertiary/aromatic N) is 1. The summed E-state index contributed by atoms with van der Waals surface area (Å²) in [6, 6.07) is 6.59. The summed E-state index contributed by atoms with van der Waals surface area (Å²) in [6.45, 7) is 3.79. The molecular formula is C21H23N3O5S. The number of H-pyrrole nitrogens is 1. The maximum absolute atomic E-state index is 13.0. The number of anilines is 1. The van der Waals surface area contributed by atoms with E-state index in [0.29, 0.717) is 38.9 Å². The number of esters is 2. The van der Waals surface area contributed by atoms with Crippen molar-refractivity contribution in [2.24, 2.45) is 0 Å². The van der Waals surface area contributed by atoms with Crippen LogP contribution in [0, 0.1) is 0 Å². The van der Waals surface area contributed by atoms with Gasteiger partial charge in [0.05, 0.1) is 36.8 Å². The molecule has 2 N–H and O–H groups in total. The third-order valence-electron chi connectivity index (χ3n) is 4.73. The molecule has 1 aliphatic heterocycles. The molecule has 30 heavy (non-hydrogen) atoms. The van der Waals surface area contributed by atoms with Crippen molar-refractivity contribution < 1.29 is 19.1 Å². The van der Waals surface area contributed by atoms with Crippen LogP contribution >= 0.6 is 11.8 Å².